The second-order valence-corrected chi connectivity index (χ2v) is 19.3. The molecule has 0 saturated carbocycles. The number of hydrogen-bond donors (Lipinski definition) is 0. The van der Waals surface area contributed by atoms with Crippen LogP contribution in [0.3, 0.4) is 0 Å². The quantitative estimate of drug-likeness (QED) is 0.159. The molecule has 0 N–H and O–H groups in total. The van der Waals surface area contributed by atoms with Gasteiger partial charge in [0.15, 0.2) is 0 Å². The zero-order valence-corrected chi connectivity index (χ0v) is 39.3. The van der Waals surface area contributed by atoms with Gasteiger partial charge in [-0.25, -0.2) is 0 Å². The second kappa shape index (κ2) is 16.4. The Morgan fingerprint density at radius 3 is 1.77 bits per heavy atom. The molecule has 71 heavy (non-hydrogen) atoms. The van der Waals surface area contributed by atoms with Gasteiger partial charge >= 0.3 is 0 Å². The van der Waals surface area contributed by atoms with Crippen molar-refractivity contribution in [1.82, 2.24) is 4.57 Å². The lowest BCUT2D eigenvalue weighted by molar-refractivity contribution is 0.436. The first-order valence-corrected chi connectivity index (χ1v) is 24.8. The molecule has 2 heterocycles. The van der Waals surface area contributed by atoms with E-state index in [1.807, 2.05) is 0 Å². The van der Waals surface area contributed by atoms with Crippen LogP contribution in [0.15, 0.2) is 255 Å². The molecule has 3 heteroatoms. The summed E-state index contributed by atoms with van der Waals surface area (Å²) in [5, 5.41) is 2.49. The van der Waals surface area contributed by atoms with Crippen molar-refractivity contribution in [3.05, 3.63) is 283 Å². The highest BCUT2D eigenvalue weighted by atomic mass is 16.5. The van der Waals surface area contributed by atoms with E-state index in [9.17, 15) is 0 Å². The largest absolute Gasteiger partial charge is 0.457 e. The summed E-state index contributed by atoms with van der Waals surface area (Å²) in [6.07, 6.45) is 8.02. The molecule has 336 valence electrons. The van der Waals surface area contributed by atoms with Gasteiger partial charge in [0.2, 0.25) is 0 Å². The number of rotatable bonds is 7. The van der Waals surface area contributed by atoms with Gasteiger partial charge in [-0.15, -0.1) is 0 Å². The Hall–Kier alpha value is -8.92. The number of hydrogen-bond acceptors (Lipinski definition) is 2. The molecule has 11 aromatic rings. The van der Waals surface area contributed by atoms with Crippen molar-refractivity contribution in [3.8, 4) is 50.6 Å². The molecule has 0 saturated heterocycles. The predicted molar refractivity (Wildman–Crippen MR) is 295 cm³/mol. The molecular formula is C68H48N2O. The summed E-state index contributed by atoms with van der Waals surface area (Å²) in [4.78, 5) is 2.40. The Morgan fingerprint density at radius 1 is 0.437 bits per heavy atom. The third kappa shape index (κ3) is 6.50. The maximum absolute atomic E-state index is 6.65. The van der Waals surface area contributed by atoms with Crippen LogP contribution in [0.4, 0.5) is 17.1 Å². The maximum Gasteiger partial charge on any atom is 0.132 e. The van der Waals surface area contributed by atoms with E-state index in [0.717, 1.165) is 46.2 Å². The number of allylic oxidation sites excluding steroid dienone is 4. The van der Waals surface area contributed by atoms with E-state index in [1.54, 1.807) is 0 Å². The average molecular weight is 909 g/mol. The van der Waals surface area contributed by atoms with Crippen molar-refractivity contribution in [3.63, 3.8) is 0 Å². The number of fused-ring (bicyclic) bond motifs is 12. The minimum absolute atomic E-state index is 0.537. The van der Waals surface area contributed by atoms with Crippen molar-refractivity contribution in [2.75, 3.05) is 4.90 Å². The summed E-state index contributed by atoms with van der Waals surface area (Å²) in [6.45, 7) is 2.27. The Kier molecular flexibility index (Phi) is 9.47. The lowest BCUT2D eigenvalue weighted by atomic mass is 9.66. The molecule has 1 atom stereocenters. The standard InChI is InChI=1S/C68H48N2O/c1-45-26-28-46(29-27-45)47-30-36-53(37-31-47)69(54-38-32-48(33-39-54)50-35-41-65-59(43-50)58-19-6-10-23-64(58)70(65)52-15-3-2-4-16-52)55-17-13-14-49(42-55)51-34-40-57-56-18-5-7-20-60(56)68(63(57)44-51)61-21-8-11-24-66(61)71-67-25-12-9-22-62(67)68/h2-26,28-45H,27H2,1H3. The van der Waals surface area contributed by atoms with Gasteiger partial charge in [0.1, 0.15) is 11.5 Å². The number of benzene rings is 10. The summed E-state index contributed by atoms with van der Waals surface area (Å²) >= 11 is 0. The van der Waals surface area contributed by atoms with E-state index in [0.29, 0.717) is 5.92 Å². The molecule has 3 aliphatic rings. The fraction of sp³-hybridized carbons (Fsp3) is 0.0588. The van der Waals surface area contributed by atoms with Gasteiger partial charge in [-0.1, -0.05) is 177 Å². The van der Waals surface area contributed by atoms with E-state index in [1.165, 1.54) is 83.0 Å². The first-order chi connectivity index (χ1) is 35.1. The minimum Gasteiger partial charge on any atom is -0.457 e. The van der Waals surface area contributed by atoms with Crippen molar-refractivity contribution in [2.24, 2.45) is 5.92 Å². The van der Waals surface area contributed by atoms with Gasteiger partial charge in [0.05, 0.1) is 16.4 Å². The highest BCUT2D eigenvalue weighted by Crippen LogP contribution is 2.62. The van der Waals surface area contributed by atoms with Crippen molar-refractivity contribution >= 4 is 44.4 Å². The van der Waals surface area contributed by atoms with Gasteiger partial charge in [-0.05, 0) is 153 Å². The van der Waals surface area contributed by atoms with Gasteiger partial charge < -0.3 is 14.2 Å². The van der Waals surface area contributed by atoms with E-state index >= 15 is 0 Å². The summed E-state index contributed by atoms with van der Waals surface area (Å²) in [5.41, 5.74) is 20.9. The van der Waals surface area contributed by atoms with Crippen LogP contribution in [0.5, 0.6) is 11.5 Å². The minimum atomic E-state index is -0.537. The van der Waals surface area contributed by atoms with Gasteiger partial charge in [-0.3, -0.25) is 0 Å². The maximum atomic E-state index is 6.65. The average Bonchev–Trinajstić information content (AvgIpc) is 3.92. The molecule has 0 radical (unpaired) electrons. The van der Waals surface area contributed by atoms with Crippen LogP contribution in [0, 0.1) is 5.92 Å². The molecule has 0 amide bonds. The van der Waals surface area contributed by atoms with E-state index in [2.05, 4.69) is 271 Å². The van der Waals surface area contributed by atoms with Crippen LogP contribution in [0.25, 0.3) is 66.4 Å². The molecular weight excluding hydrogens is 861 g/mol. The normalized spacial score (nSPS) is 14.9. The van der Waals surface area contributed by atoms with E-state index in [-0.39, 0.29) is 0 Å². The summed E-state index contributed by atoms with van der Waals surface area (Å²) < 4.78 is 9.02. The Morgan fingerprint density at radius 2 is 1.03 bits per heavy atom. The molecule has 1 aromatic heterocycles. The molecule has 3 nitrogen and oxygen atoms in total. The van der Waals surface area contributed by atoms with Gasteiger partial charge in [0.25, 0.3) is 0 Å². The van der Waals surface area contributed by atoms with Crippen LogP contribution >= 0.6 is 0 Å². The van der Waals surface area contributed by atoms with Crippen LogP contribution in [0.2, 0.25) is 0 Å². The number of nitrogens with zero attached hydrogens (tertiary/aromatic N) is 2. The predicted octanol–water partition coefficient (Wildman–Crippen LogP) is 18.0. The lowest BCUT2D eigenvalue weighted by Crippen LogP contribution is -2.32. The Balaban J connectivity index is 0.883. The summed E-state index contributed by atoms with van der Waals surface area (Å²) in [7, 11) is 0. The Labute approximate surface area is 414 Å². The molecule has 1 unspecified atom stereocenters. The number of aromatic nitrogens is 1. The molecule has 0 fully saturated rings. The van der Waals surface area contributed by atoms with Crippen LogP contribution in [-0.4, -0.2) is 4.57 Å². The topological polar surface area (TPSA) is 17.4 Å². The van der Waals surface area contributed by atoms with Crippen molar-refractivity contribution in [1.29, 1.82) is 0 Å². The Bertz CT molecular complexity index is 3900. The van der Waals surface area contributed by atoms with Gasteiger partial charge in [0, 0.05) is 44.6 Å². The SMILES string of the molecule is CC1C=CC(c2ccc(N(c3ccc(-c4ccc5c(c4)c4ccccc4n5-c4ccccc4)cc3)c3cccc(-c4ccc5c(c4)C4(c6ccccc6Oc6ccccc64)c4ccccc4-5)c3)cc2)=CC1. The van der Waals surface area contributed by atoms with Crippen molar-refractivity contribution < 1.29 is 4.74 Å². The number of anilines is 3. The first-order valence-electron chi connectivity index (χ1n) is 24.8. The monoisotopic (exact) mass is 908 g/mol. The zero-order chi connectivity index (χ0) is 47.0. The smallest absolute Gasteiger partial charge is 0.132 e. The number of ether oxygens (including phenoxy) is 1. The van der Waals surface area contributed by atoms with Crippen molar-refractivity contribution in [2.45, 2.75) is 18.8 Å². The zero-order valence-electron chi connectivity index (χ0n) is 39.3. The van der Waals surface area contributed by atoms with E-state index < -0.39 is 5.41 Å². The van der Waals surface area contributed by atoms with E-state index in [4.69, 9.17) is 4.74 Å². The molecule has 1 spiro atoms. The first kappa shape index (κ1) is 41.1. The van der Waals surface area contributed by atoms with Crippen LogP contribution in [0.1, 0.15) is 41.2 Å². The molecule has 0 bridgehead atoms. The highest BCUT2D eigenvalue weighted by molar-refractivity contribution is 6.10. The third-order valence-corrected chi connectivity index (χ3v) is 15.2. The molecule has 1 aliphatic heterocycles. The van der Waals surface area contributed by atoms with Crippen LogP contribution < -0.4 is 9.64 Å². The highest BCUT2D eigenvalue weighted by Gasteiger charge is 2.51. The molecule has 2 aliphatic carbocycles. The van der Waals surface area contributed by atoms with Gasteiger partial charge in [-0.2, -0.15) is 0 Å². The fourth-order valence-corrected chi connectivity index (χ4v) is 11.9. The second-order valence-electron chi connectivity index (χ2n) is 19.3. The lowest BCUT2D eigenvalue weighted by Gasteiger charge is -2.39. The molecule has 10 aromatic carbocycles. The molecule has 14 rings (SSSR count). The summed E-state index contributed by atoms with van der Waals surface area (Å²) in [5.74, 6) is 2.36. The number of para-hydroxylation sites is 4. The summed E-state index contributed by atoms with van der Waals surface area (Å²) in [6, 6.07) is 86.8. The van der Waals surface area contributed by atoms with Crippen LogP contribution in [-0.2, 0) is 5.41 Å². The fourth-order valence-electron chi connectivity index (χ4n) is 11.9. The third-order valence-electron chi connectivity index (χ3n) is 15.2.